The maximum atomic E-state index is 13.2. The largest absolute Gasteiger partial charge is 0.479 e. The molecule has 1 atom stereocenters. The van der Waals surface area contributed by atoms with Crippen LogP contribution in [0.25, 0.3) is 11.1 Å². The lowest BCUT2D eigenvalue weighted by Crippen LogP contribution is -2.59. The fourth-order valence-corrected chi connectivity index (χ4v) is 5.72. The Hall–Kier alpha value is -3.35. The van der Waals surface area contributed by atoms with E-state index in [2.05, 4.69) is 17.4 Å². The average molecular weight is 449 g/mol. The summed E-state index contributed by atoms with van der Waals surface area (Å²) in [5.41, 5.74) is 3.40. The van der Waals surface area contributed by atoms with Crippen molar-refractivity contribution in [2.24, 2.45) is 11.8 Å². The van der Waals surface area contributed by atoms with Crippen LogP contribution in [0.15, 0.2) is 48.5 Å². The van der Waals surface area contributed by atoms with Gasteiger partial charge in [0.1, 0.15) is 18.2 Å². The van der Waals surface area contributed by atoms with E-state index in [1.807, 2.05) is 50.2 Å². The van der Waals surface area contributed by atoms with Crippen molar-refractivity contribution in [3.63, 3.8) is 0 Å². The Bertz CT molecular complexity index is 1080. The third kappa shape index (κ3) is 3.37. The summed E-state index contributed by atoms with van der Waals surface area (Å²) >= 11 is 0. The number of benzene rings is 2. The molecule has 7 heteroatoms. The predicted molar refractivity (Wildman–Crippen MR) is 122 cm³/mol. The molecule has 0 radical (unpaired) electrons. The zero-order valence-corrected chi connectivity index (χ0v) is 18.8. The molecule has 172 valence electrons. The summed E-state index contributed by atoms with van der Waals surface area (Å²) in [6.07, 6.45) is 0.313. The molecule has 2 aliphatic heterocycles. The molecule has 2 aromatic rings. The molecule has 33 heavy (non-hydrogen) atoms. The van der Waals surface area contributed by atoms with Gasteiger partial charge in [-0.1, -0.05) is 62.4 Å². The number of nitrogens with zero attached hydrogens (tertiary/aromatic N) is 1. The molecule has 7 nitrogen and oxygen atoms in total. The summed E-state index contributed by atoms with van der Waals surface area (Å²) in [6, 6.07) is 15.3. The fourth-order valence-electron chi connectivity index (χ4n) is 5.72. The monoisotopic (exact) mass is 448 g/mol. The molecule has 4 aliphatic rings. The highest BCUT2D eigenvalue weighted by atomic mass is 16.5. The number of carboxylic acids is 1. The van der Waals surface area contributed by atoms with Gasteiger partial charge in [-0.25, -0.2) is 9.59 Å². The maximum Gasteiger partial charge on any atom is 0.407 e. The van der Waals surface area contributed by atoms with Gasteiger partial charge < -0.3 is 20.1 Å². The molecule has 2 N–H and O–H groups in total. The van der Waals surface area contributed by atoms with Crippen LogP contribution in [0.3, 0.4) is 0 Å². The van der Waals surface area contributed by atoms with Crippen LogP contribution in [-0.2, 0) is 14.3 Å². The first-order valence-corrected chi connectivity index (χ1v) is 11.5. The second-order valence-corrected chi connectivity index (χ2v) is 9.75. The maximum absolute atomic E-state index is 13.2. The summed E-state index contributed by atoms with van der Waals surface area (Å²) in [6.45, 7) is 4.25. The molecule has 0 spiro atoms. The van der Waals surface area contributed by atoms with Crippen LogP contribution in [0.2, 0.25) is 0 Å². The number of hydrogen-bond donors (Lipinski definition) is 2. The summed E-state index contributed by atoms with van der Waals surface area (Å²) in [4.78, 5) is 39.3. The first-order chi connectivity index (χ1) is 15.8. The third-order valence-electron chi connectivity index (χ3n) is 7.42. The molecule has 2 heterocycles. The second-order valence-electron chi connectivity index (χ2n) is 9.75. The topological polar surface area (TPSA) is 95.9 Å². The first-order valence-electron chi connectivity index (χ1n) is 11.5. The zero-order valence-electron chi connectivity index (χ0n) is 18.8. The Balaban J connectivity index is 1.28. The number of fused-ring (bicyclic) bond motifs is 4. The SMILES string of the molecule is CC(C)C(NC(=O)OCC1c2ccccc2-c2ccccc21)C(=O)N1CC2CC1(C(=O)O)C2. The van der Waals surface area contributed by atoms with Crippen molar-refractivity contribution in [1.29, 1.82) is 0 Å². The number of aliphatic carboxylic acids is 1. The number of nitrogens with one attached hydrogen (secondary N) is 1. The van der Waals surface area contributed by atoms with Crippen molar-refractivity contribution in [2.75, 3.05) is 13.2 Å². The second kappa shape index (κ2) is 7.90. The van der Waals surface area contributed by atoms with Crippen molar-refractivity contribution >= 4 is 18.0 Å². The van der Waals surface area contributed by atoms with Crippen LogP contribution < -0.4 is 5.32 Å². The van der Waals surface area contributed by atoms with Gasteiger partial charge in [0, 0.05) is 12.5 Å². The average Bonchev–Trinajstić information content (AvgIpc) is 3.44. The lowest BCUT2D eigenvalue weighted by atomic mass is 9.73. The van der Waals surface area contributed by atoms with Crippen LogP contribution in [0.4, 0.5) is 4.79 Å². The number of hydrogen-bond acceptors (Lipinski definition) is 4. The summed E-state index contributed by atoms with van der Waals surface area (Å²) < 4.78 is 5.61. The Morgan fingerprint density at radius 3 is 2.18 bits per heavy atom. The minimum absolute atomic E-state index is 0.0718. The molecule has 2 saturated heterocycles. The van der Waals surface area contributed by atoms with E-state index in [4.69, 9.17) is 4.74 Å². The van der Waals surface area contributed by atoms with Crippen LogP contribution in [0.5, 0.6) is 0 Å². The molecule has 2 bridgehead atoms. The van der Waals surface area contributed by atoms with Gasteiger partial charge in [0.25, 0.3) is 0 Å². The zero-order chi connectivity index (χ0) is 23.3. The van der Waals surface area contributed by atoms with Gasteiger partial charge in [0.05, 0.1) is 0 Å². The lowest BCUT2D eigenvalue weighted by molar-refractivity contribution is -0.159. The molecule has 2 aliphatic carbocycles. The van der Waals surface area contributed by atoms with Gasteiger partial charge >= 0.3 is 12.1 Å². The van der Waals surface area contributed by atoms with E-state index >= 15 is 0 Å². The lowest BCUT2D eigenvalue weighted by Gasteiger charge is -2.39. The Kier molecular flexibility index (Phi) is 5.15. The van der Waals surface area contributed by atoms with E-state index in [1.165, 1.54) is 4.90 Å². The number of alkyl carbamates (subject to hydrolysis) is 1. The van der Waals surface area contributed by atoms with E-state index in [9.17, 15) is 19.5 Å². The highest BCUT2D eigenvalue weighted by Crippen LogP contribution is 2.51. The van der Waals surface area contributed by atoms with Crippen molar-refractivity contribution in [3.8, 4) is 11.1 Å². The molecule has 1 unspecified atom stereocenters. The smallest absolute Gasteiger partial charge is 0.407 e. The standard InChI is InChI=1S/C26H28N2O5/c1-15(2)22(23(29)28-13-16-11-26(28,12-16)24(30)31)27-25(32)33-14-21-19-9-5-3-7-17(19)18-8-4-6-10-20(18)21/h3-10,15-16,21-22H,11-14H2,1-2H3,(H,27,32)(H,30,31). The quantitative estimate of drug-likeness (QED) is 0.704. The number of ether oxygens (including phenoxy) is 1. The van der Waals surface area contributed by atoms with Gasteiger partial charge in [-0.3, -0.25) is 4.79 Å². The highest BCUT2D eigenvalue weighted by molar-refractivity contribution is 5.93. The highest BCUT2D eigenvalue weighted by Gasteiger charge is 2.63. The number of carboxylic acid groups (broad SMARTS) is 1. The van der Waals surface area contributed by atoms with E-state index in [0.29, 0.717) is 19.4 Å². The van der Waals surface area contributed by atoms with Gasteiger partial charge in [0.2, 0.25) is 5.91 Å². The van der Waals surface area contributed by atoms with Crippen LogP contribution in [0, 0.1) is 11.8 Å². The third-order valence-corrected chi connectivity index (χ3v) is 7.42. The molecular weight excluding hydrogens is 420 g/mol. The van der Waals surface area contributed by atoms with Gasteiger partial charge in [0.15, 0.2) is 0 Å². The molecule has 0 aromatic heterocycles. The Morgan fingerprint density at radius 2 is 1.64 bits per heavy atom. The molecule has 2 amide bonds. The molecule has 3 fully saturated rings. The van der Waals surface area contributed by atoms with Crippen molar-refractivity contribution < 1.29 is 24.2 Å². The van der Waals surface area contributed by atoms with Crippen molar-refractivity contribution in [2.45, 2.75) is 44.2 Å². The van der Waals surface area contributed by atoms with Gasteiger partial charge in [-0.15, -0.1) is 0 Å². The fraction of sp³-hybridized carbons (Fsp3) is 0.423. The van der Waals surface area contributed by atoms with Gasteiger partial charge in [-0.05, 0) is 46.9 Å². The van der Waals surface area contributed by atoms with Crippen LogP contribution in [-0.4, -0.2) is 52.7 Å². The Labute approximate surface area is 192 Å². The normalized spacial score (nSPS) is 23.5. The van der Waals surface area contributed by atoms with E-state index in [1.54, 1.807) is 0 Å². The Morgan fingerprint density at radius 1 is 1.06 bits per heavy atom. The van der Waals surface area contributed by atoms with E-state index in [-0.39, 0.29) is 30.3 Å². The molecular formula is C26H28N2O5. The van der Waals surface area contributed by atoms with E-state index < -0.39 is 23.6 Å². The summed E-state index contributed by atoms with van der Waals surface area (Å²) in [5, 5.41) is 12.4. The minimum Gasteiger partial charge on any atom is -0.479 e. The van der Waals surface area contributed by atoms with Crippen molar-refractivity contribution in [1.82, 2.24) is 10.2 Å². The van der Waals surface area contributed by atoms with Gasteiger partial charge in [-0.2, -0.15) is 0 Å². The number of carbonyl (C=O) groups excluding carboxylic acids is 2. The first kappa shape index (κ1) is 21.5. The molecule has 6 rings (SSSR count). The number of carbonyl (C=O) groups is 3. The number of amides is 2. The summed E-state index contributed by atoms with van der Waals surface area (Å²) in [7, 11) is 0. The molecule has 1 saturated carbocycles. The van der Waals surface area contributed by atoms with Crippen molar-refractivity contribution in [3.05, 3.63) is 59.7 Å². The molecule has 2 aromatic carbocycles. The van der Waals surface area contributed by atoms with E-state index in [0.717, 1.165) is 22.3 Å². The number of rotatable bonds is 6. The van der Waals surface area contributed by atoms with Crippen LogP contribution in [0.1, 0.15) is 43.7 Å². The minimum atomic E-state index is -1.11. The predicted octanol–water partition coefficient (Wildman–Crippen LogP) is 3.63. The summed E-state index contributed by atoms with van der Waals surface area (Å²) in [5.74, 6) is -1.36. The van der Waals surface area contributed by atoms with Crippen LogP contribution >= 0.6 is 0 Å².